The van der Waals surface area contributed by atoms with Gasteiger partial charge in [0.2, 0.25) is 0 Å². The minimum absolute atomic E-state index is 0.0171. The normalized spacial score (nSPS) is 16.5. The molecule has 0 spiro atoms. The molecule has 0 unspecified atom stereocenters. The summed E-state index contributed by atoms with van der Waals surface area (Å²) in [4.78, 5) is 13.5. The van der Waals surface area contributed by atoms with Gasteiger partial charge in [0.15, 0.2) is 0 Å². The maximum atomic E-state index is 12.1. The summed E-state index contributed by atoms with van der Waals surface area (Å²) in [5.74, 6) is 0. The molecule has 2 heterocycles. The topological polar surface area (TPSA) is 50.4 Å². The largest absolute Gasteiger partial charge is 0.381 e. The van der Waals surface area contributed by atoms with Crippen molar-refractivity contribution in [2.75, 3.05) is 26.3 Å². The van der Waals surface area contributed by atoms with Gasteiger partial charge >= 0.3 is 6.03 Å². The number of benzene rings is 1. The molecule has 3 rings (SSSR count). The molecule has 4 nitrogen and oxygen atoms in total. The zero-order chi connectivity index (χ0) is 16.7. The van der Waals surface area contributed by atoms with Crippen LogP contribution in [0.1, 0.15) is 23.3 Å². The SMILES string of the molecule is O=C(NCCc1ccccc1)NCC1(c2cccs2)CCOCC1. The smallest absolute Gasteiger partial charge is 0.314 e. The van der Waals surface area contributed by atoms with Crippen molar-refractivity contribution < 1.29 is 9.53 Å². The summed E-state index contributed by atoms with van der Waals surface area (Å²) in [5.41, 5.74) is 1.25. The molecule has 1 saturated heterocycles. The van der Waals surface area contributed by atoms with Crippen LogP contribution in [0.2, 0.25) is 0 Å². The Morgan fingerprint density at radius 2 is 1.88 bits per heavy atom. The van der Waals surface area contributed by atoms with Crippen molar-refractivity contribution in [3.63, 3.8) is 0 Å². The molecule has 1 aliphatic heterocycles. The lowest BCUT2D eigenvalue weighted by Gasteiger charge is -2.36. The third kappa shape index (κ3) is 4.36. The van der Waals surface area contributed by atoms with E-state index in [0.29, 0.717) is 13.1 Å². The van der Waals surface area contributed by atoms with E-state index in [-0.39, 0.29) is 11.4 Å². The maximum Gasteiger partial charge on any atom is 0.314 e. The molecule has 0 aliphatic carbocycles. The predicted molar refractivity (Wildman–Crippen MR) is 97.6 cm³/mol. The van der Waals surface area contributed by atoms with E-state index in [4.69, 9.17) is 4.74 Å². The molecule has 2 aromatic rings. The van der Waals surface area contributed by atoms with E-state index in [1.807, 2.05) is 18.2 Å². The van der Waals surface area contributed by atoms with Gasteiger partial charge < -0.3 is 15.4 Å². The van der Waals surface area contributed by atoms with Gasteiger partial charge in [-0.3, -0.25) is 0 Å². The fraction of sp³-hybridized carbons (Fsp3) is 0.421. The van der Waals surface area contributed by atoms with Gasteiger partial charge in [-0.15, -0.1) is 11.3 Å². The van der Waals surface area contributed by atoms with Crippen molar-refractivity contribution >= 4 is 17.4 Å². The molecule has 24 heavy (non-hydrogen) atoms. The second kappa shape index (κ2) is 8.31. The van der Waals surface area contributed by atoms with E-state index >= 15 is 0 Å². The van der Waals surface area contributed by atoms with Crippen LogP contribution in [-0.4, -0.2) is 32.3 Å². The molecular formula is C19H24N2O2S. The highest BCUT2D eigenvalue weighted by Crippen LogP contribution is 2.36. The predicted octanol–water partition coefficient (Wildman–Crippen LogP) is 3.34. The number of rotatable bonds is 6. The van der Waals surface area contributed by atoms with Crippen LogP contribution in [0, 0.1) is 0 Å². The zero-order valence-electron chi connectivity index (χ0n) is 13.8. The summed E-state index contributed by atoms with van der Waals surface area (Å²) < 4.78 is 5.52. The Balaban J connectivity index is 1.48. The third-order valence-electron chi connectivity index (χ3n) is 4.62. The van der Waals surface area contributed by atoms with E-state index in [2.05, 4.69) is 40.3 Å². The van der Waals surface area contributed by atoms with Crippen molar-refractivity contribution in [2.45, 2.75) is 24.7 Å². The van der Waals surface area contributed by atoms with Crippen molar-refractivity contribution in [2.24, 2.45) is 0 Å². The molecule has 0 atom stereocenters. The highest BCUT2D eigenvalue weighted by atomic mass is 32.1. The van der Waals surface area contributed by atoms with Gasteiger partial charge in [0.25, 0.3) is 0 Å². The molecule has 1 aliphatic rings. The summed E-state index contributed by atoms with van der Waals surface area (Å²) in [6.45, 7) is 2.82. The standard InChI is InChI=1S/C19H24N2O2S/c22-18(20-11-8-16-5-2-1-3-6-16)21-15-19(9-12-23-13-10-19)17-7-4-14-24-17/h1-7,14H,8-13,15H2,(H2,20,21,22). The highest BCUT2D eigenvalue weighted by molar-refractivity contribution is 7.10. The summed E-state index contributed by atoms with van der Waals surface area (Å²) in [7, 11) is 0. The lowest BCUT2D eigenvalue weighted by molar-refractivity contribution is 0.0519. The molecule has 0 bridgehead atoms. The van der Waals surface area contributed by atoms with Crippen LogP contribution in [0.3, 0.4) is 0 Å². The Labute approximate surface area is 147 Å². The molecule has 1 aromatic heterocycles. The van der Waals surface area contributed by atoms with Crippen LogP contribution in [0.5, 0.6) is 0 Å². The quantitative estimate of drug-likeness (QED) is 0.844. The molecule has 5 heteroatoms. The molecule has 1 aromatic carbocycles. The number of urea groups is 1. The minimum atomic E-state index is -0.0895. The summed E-state index contributed by atoms with van der Waals surface area (Å²) >= 11 is 1.77. The average Bonchev–Trinajstić information content (AvgIpc) is 3.17. The fourth-order valence-electron chi connectivity index (χ4n) is 3.13. The Kier molecular flexibility index (Phi) is 5.88. The first-order valence-electron chi connectivity index (χ1n) is 8.46. The molecule has 128 valence electrons. The zero-order valence-corrected chi connectivity index (χ0v) is 14.6. The van der Waals surface area contributed by atoms with Crippen molar-refractivity contribution in [3.05, 3.63) is 58.3 Å². The number of nitrogens with one attached hydrogen (secondary N) is 2. The molecule has 0 saturated carbocycles. The van der Waals surface area contributed by atoms with E-state index in [1.54, 1.807) is 11.3 Å². The first-order valence-corrected chi connectivity index (χ1v) is 9.34. The van der Waals surface area contributed by atoms with Crippen molar-refractivity contribution in [3.8, 4) is 0 Å². The second-order valence-electron chi connectivity index (χ2n) is 6.22. The van der Waals surface area contributed by atoms with Gasteiger partial charge in [-0.05, 0) is 36.3 Å². The Morgan fingerprint density at radius 1 is 1.08 bits per heavy atom. The van der Waals surface area contributed by atoms with Crippen LogP contribution in [0.4, 0.5) is 4.79 Å². The van der Waals surface area contributed by atoms with Crippen LogP contribution in [0.15, 0.2) is 47.8 Å². The molecular weight excluding hydrogens is 320 g/mol. The maximum absolute atomic E-state index is 12.1. The third-order valence-corrected chi connectivity index (χ3v) is 5.74. The molecule has 0 radical (unpaired) electrons. The summed E-state index contributed by atoms with van der Waals surface area (Å²) in [5, 5.41) is 8.13. The van der Waals surface area contributed by atoms with Crippen LogP contribution >= 0.6 is 11.3 Å². The first kappa shape index (κ1) is 17.0. The lowest BCUT2D eigenvalue weighted by atomic mass is 9.78. The number of hydrogen-bond donors (Lipinski definition) is 2. The second-order valence-corrected chi connectivity index (χ2v) is 7.16. The Bertz CT molecular complexity index is 622. The first-order chi connectivity index (χ1) is 11.8. The van der Waals surface area contributed by atoms with Crippen molar-refractivity contribution in [1.82, 2.24) is 10.6 Å². The number of thiophene rings is 1. The number of carbonyl (C=O) groups is 1. The number of carbonyl (C=O) groups excluding carboxylic acids is 1. The number of amides is 2. The van der Waals surface area contributed by atoms with Crippen LogP contribution < -0.4 is 10.6 Å². The van der Waals surface area contributed by atoms with Gasteiger partial charge in [0.1, 0.15) is 0 Å². The minimum Gasteiger partial charge on any atom is -0.381 e. The number of hydrogen-bond acceptors (Lipinski definition) is 3. The van der Waals surface area contributed by atoms with Crippen LogP contribution in [-0.2, 0) is 16.6 Å². The average molecular weight is 344 g/mol. The van der Waals surface area contributed by atoms with Gasteiger partial charge in [-0.2, -0.15) is 0 Å². The van der Waals surface area contributed by atoms with Crippen molar-refractivity contribution in [1.29, 1.82) is 0 Å². The van der Waals surface area contributed by atoms with E-state index in [9.17, 15) is 4.79 Å². The summed E-state index contributed by atoms with van der Waals surface area (Å²) in [6.07, 6.45) is 2.76. The molecule has 1 fully saturated rings. The van der Waals surface area contributed by atoms with Crippen LogP contribution in [0.25, 0.3) is 0 Å². The van der Waals surface area contributed by atoms with E-state index in [1.165, 1.54) is 10.4 Å². The molecule has 2 N–H and O–H groups in total. The highest BCUT2D eigenvalue weighted by Gasteiger charge is 2.35. The Hall–Kier alpha value is -1.85. The number of ether oxygens (including phenoxy) is 1. The van der Waals surface area contributed by atoms with Gasteiger partial charge in [0, 0.05) is 36.6 Å². The summed E-state index contributed by atoms with van der Waals surface area (Å²) in [6, 6.07) is 14.4. The Morgan fingerprint density at radius 3 is 2.58 bits per heavy atom. The fourth-order valence-corrected chi connectivity index (χ4v) is 4.12. The van der Waals surface area contributed by atoms with Gasteiger partial charge in [0.05, 0.1) is 0 Å². The van der Waals surface area contributed by atoms with E-state index in [0.717, 1.165) is 32.5 Å². The lowest BCUT2D eigenvalue weighted by Crippen LogP contribution is -2.47. The van der Waals surface area contributed by atoms with Gasteiger partial charge in [-0.1, -0.05) is 36.4 Å². The monoisotopic (exact) mass is 344 g/mol. The molecule has 2 amide bonds. The van der Waals surface area contributed by atoms with E-state index < -0.39 is 0 Å². The van der Waals surface area contributed by atoms with Gasteiger partial charge in [-0.25, -0.2) is 4.79 Å².